The number of alkyl halides is 2. The van der Waals surface area contributed by atoms with Crippen LogP contribution in [-0.4, -0.2) is 29.6 Å². The first-order valence-electron chi connectivity index (χ1n) is 3.56. The van der Waals surface area contributed by atoms with Gasteiger partial charge in [0.05, 0.1) is 0 Å². The molecule has 0 spiro atoms. The molecule has 13 heavy (non-hydrogen) atoms. The number of nitrogens with one attached hydrogen (secondary N) is 2. The van der Waals surface area contributed by atoms with Gasteiger partial charge in [0, 0.05) is 6.42 Å². The molecule has 74 valence electrons. The van der Waals surface area contributed by atoms with Gasteiger partial charge in [-0.05, 0) is 0 Å². The summed E-state index contributed by atoms with van der Waals surface area (Å²) in [6, 6.07) is 0. The van der Waals surface area contributed by atoms with Crippen LogP contribution < -0.4 is 0 Å². The van der Waals surface area contributed by atoms with Crippen molar-refractivity contribution in [1.29, 1.82) is 10.9 Å². The molecular formula is C6H10F2N4O. The van der Waals surface area contributed by atoms with Gasteiger partial charge in [-0.3, -0.25) is 10.2 Å². The third-order valence-corrected chi connectivity index (χ3v) is 1.33. The number of hydrogen-bond donors (Lipinski definition) is 2. The summed E-state index contributed by atoms with van der Waals surface area (Å²) in [4.78, 5) is 10.8. The summed E-state index contributed by atoms with van der Waals surface area (Å²) in [5.74, 6) is -1.47. The molecule has 0 saturated carbocycles. The lowest BCUT2D eigenvalue weighted by atomic mass is 10.3. The average molecular weight is 192 g/mol. The van der Waals surface area contributed by atoms with Gasteiger partial charge in [-0.25, -0.2) is 13.8 Å². The summed E-state index contributed by atoms with van der Waals surface area (Å²) in [6.45, 7) is 1.12. The Morgan fingerprint density at radius 2 is 2.15 bits per heavy atom. The second-order valence-corrected chi connectivity index (χ2v) is 2.24. The second kappa shape index (κ2) is 5.28. The smallest absolute Gasteiger partial charge is 0.296 e. The van der Waals surface area contributed by atoms with E-state index in [1.807, 2.05) is 0 Å². The summed E-state index contributed by atoms with van der Waals surface area (Å²) >= 11 is 0. The van der Waals surface area contributed by atoms with Gasteiger partial charge in [-0.15, -0.1) is 0 Å². The normalized spacial score (nSPS) is 9.85. The predicted octanol–water partition coefficient (Wildman–Crippen LogP) is 1.46. The minimum Gasteiger partial charge on any atom is -0.298 e. The third-order valence-electron chi connectivity index (χ3n) is 1.33. The molecule has 0 aliphatic carbocycles. The van der Waals surface area contributed by atoms with Crippen molar-refractivity contribution in [3.05, 3.63) is 0 Å². The van der Waals surface area contributed by atoms with Crippen LogP contribution >= 0.6 is 0 Å². The SMILES string of the molecule is CCC(=O)CN(N=N)C(=N)C(F)F. The maximum Gasteiger partial charge on any atom is 0.296 e. The molecule has 0 unspecified atom stereocenters. The number of rotatable bonds is 5. The molecule has 0 fully saturated rings. The van der Waals surface area contributed by atoms with Gasteiger partial charge in [0.1, 0.15) is 6.54 Å². The van der Waals surface area contributed by atoms with E-state index >= 15 is 0 Å². The molecule has 0 aromatic heterocycles. The number of amidine groups is 1. The third kappa shape index (κ3) is 3.68. The quantitative estimate of drug-likeness (QED) is 0.299. The van der Waals surface area contributed by atoms with E-state index in [9.17, 15) is 13.6 Å². The van der Waals surface area contributed by atoms with Crippen molar-refractivity contribution >= 4 is 11.6 Å². The van der Waals surface area contributed by atoms with Crippen molar-refractivity contribution in [3.63, 3.8) is 0 Å². The van der Waals surface area contributed by atoms with Crippen LogP contribution in [0.15, 0.2) is 5.22 Å². The average Bonchev–Trinajstić information content (AvgIpc) is 2.12. The van der Waals surface area contributed by atoms with Gasteiger partial charge >= 0.3 is 0 Å². The Labute approximate surface area is 73.7 Å². The van der Waals surface area contributed by atoms with E-state index in [-0.39, 0.29) is 12.2 Å². The summed E-state index contributed by atoms with van der Waals surface area (Å²) in [5, 5.41) is 9.81. The van der Waals surface area contributed by atoms with E-state index in [2.05, 4.69) is 5.22 Å². The Balaban J connectivity index is 4.26. The van der Waals surface area contributed by atoms with Crippen molar-refractivity contribution in [2.45, 2.75) is 19.8 Å². The maximum absolute atomic E-state index is 11.9. The first-order valence-corrected chi connectivity index (χ1v) is 3.56. The van der Waals surface area contributed by atoms with Gasteiger partial charge in [0.25, 0.3) is 6.43 Å². The van der Waals surface area contributed by atoms with Gasteiger partial charge in [0.2, 0.25) is 0 Å². The highest BCUT2D eigenvalue weighted by Crippen LogP contribution is 2.02. The molecule has 0 aromatic rings. The lowest BCUT2D eigenvalue weighted by Crippen LogP contribution is -2.34. The van der Waals surface area contributed by atoms with Gasteiger partial charge in [-0.2, -0.15) is 5.53 Å². The van der Waals surface area contributed by atoms with Crippen molar-refractivity contribution in [2.75, 3.05) is 6.54 Å². The Kier molecular flexibility index (Phi) is 4.71. The minimum atomic E-state index is -3.02. The van der Waals surface area contributed by atoms with Crippen molar-refractivity contribution in [2.24, 2.45) is 5.22 Å². The Hall–Kier alpha value is -1.40. The number of carbonyl (C=O) groups excluding carboxylic acids is 1. The molecule has 0 aliphatic rings. The fourth-order valence-corrected chi connectivity index (χ4v) is 0.566. The number of nitrogens with zero attached hydrogens (tertiary/aromatic N) is 2. The largest absolute Gasteiger partial charge is 0.298 e. The molecule has 0 radical (unpaired) electrons. The predicted molar refractivity (Wildman–Crippen MR) is 40.9 cm³/mol. The molecule has 0 saturated heterocycles. The van der Waals surface area contributed by atoms with Crippen LogP contribution in [-0.2, 0) is 4.79 Å². The molecular weight excluding hydrogens is 182 g/mol. The molecule has 0 bridgehead atoms. The van der Waals surface area contributed by atoms with Crippen LogP contribution in [0.1, 0.15) is 13.3 Å². The molecule has 2 N–H and O–H groups in total. The van der Waals surface area contributed by atoms with E-state index in [0.717, 1.165) is 0 Å². The van der Waals surface area contributed by atoms with Crippen LogP contribution in [0.25, 0.3) is 0 Å². The standard InChI is InChI=1S/C6H10F2N4O/c1-2-4(13)3-12(11-10)6(9)5(7)8/h5,9-10H,2-3H2,1H3. The number of Topliss-reactive ketones (excluding diaryl/α,β-unsaturated/α-hetero) is 1. The lowest BCUT2D eigenvalue weighted by Gasteiger charge is -2.15. The second-order valence-electron chi connectivity index (χ2n) is 2.24. The molecule has 0 rings (SSSR count). The van der Waals surface area contributed by atoms with E-state index in [4.69, 9.17) is 10.9 Å². The molecule has 7 heteroatoms. The minimum absolute atomic E-state index is 0.169. The topological polar surface area (TPSA) is 80.4 Å². The van der Waals surface area contributed by atoms with E-state index in [0.29, 0.717) is 5.01 Å². The fourth-order valence-electron chi connectivity index (χ4n) is 0.566. The first-order chi connectivity index (χ1) is 6.02. The Morgan fingerprint density at radius 3 is 2.46 bits per heavy atom. The van der Waals surface area contributed by atoms with Gasteiger partial charge in [-0.1, -0.05) is 12.1 Å². The van der Waals surface area contributed by atoms with Crippen molar-refractivity contribution in [3.8, 4) is 0 Å². The van der Waals surface area contributed by atoms with Crippen LogP contribution in [0, 0.1) is 10.9 Å². The number of ketones is 1. The summed E-state index contributed by atoms with van der Waals surface area (Å²) in [7, 11) is 0. The molecule has 0 atom stereocenters. The van der Waals surface area contributed by atoms with Gasteiger partial charge < -0.3 is 0 Å². The highest BCUT2D eigenvalue weighted by Gasteiger charge is 2.20. The van der Waals surface area contributed by atoms with Crippen LogP contribution in [0.4, 0.5) is 8.78 Å². The maximum atomic E-state index is 11.9. The van der Waals surface area contributed by atoms with E-state index in [1.165, 1.54) is 0 Å². The van der Waals surface area contributed by atoms with Crippen molar-refractivity contribution in [1.82, 2.24) is 5.01 Å². The monoisotopic (exact) mass is 192 g/mol. The number of carbonyl (C=O) groups is 1. The summed E-state index contributed by atoms with van der Waals surface area (Å²) < 4.78 is 23.8. The molecule has 0 amide bonds. The van der Waals surface area contributed by atoms with Crippen LogP contribution in [0.3, 0.4) is 0 Å². The van der Waals surface area contributed by atoms with Gasteiger partial charge in [0.15, 0.2) is 11.6 Å². The zero-order valence-corrected chi connectivity index (χ0v) is 7.05. The van der Waals surface area contributed by atoms with Crippen LogP contribution in [0.5, 0.6) is 0 Å². The number of hydrogen-bond acceptors (Lipinski definition) is 4. The lowest BCUT2D eigenvalue weighted by molar-refractivity contribution is -0.119. The van der Waals surface area contributed by atoms with E-state index < -0.39 is 18.8 Å². The highest BCUT2D eigenvalue weighted by molar-refractivity contribution is 5.88. The fraction of sp³-hybridized carbons (Fsp3) is 0.667. The zero-order chi connectivity index (χ0) is 10.4. The zero-order valence-electron chi connectivity index (χ0n) is 7.05. The first kappa shape index (κ1) is 11.6. The van der Waals surface area contributed by atoms with E-state index in [1.54, 1.807) is 6.92 Å². The molecule has 0 aliphatic heterocycles. The molecule has 0 aromatic carbocycles. The summed E-state index contributed by atoms with van der Waals surface area (Å²) in [6.07, 6.45) is -2.85. The molecule has 0 heterocycles. The summed E-state index contributed by atoms with van der Waals surface area (Å²) in [5.41, 5.74) is 6.48. The Bertz CT molecular complexity index is 219. The molecule has 5 nitrogen and oxygen atoms in total. The van der Waals surface area contributed by atoms with Crippen LogP contribution in [0.2, 0.25) is 0 Å². The number of halogens is 2. The highest BCUT2D eigenvalue weighted by atomic mass is 19.3. The van der Waals surface area contributed by atoms with Crippen molar-refractivity contribution < 1.29 is 13.6 Å². The Morgan fingerprint density at radius 1 is 1.62 bits per heavy atom.